The van der Waals surface area contributed by atoms with E-state index in [1.165, 1.54) is 17.4 Å². The summed E-state index contributed by atoms with van der Waals surface area (Å²) in [4.78, 5) is 4.32. The molecule has 1 heterocycles. The zero-order chi connectivity index (χ0) is 11.5. The van der Waals surface area contributed by atoms with Crippen LogP contribution in [0.25, 0.3) is 11.3 Å². The molecule has 0 unspecified atom stereocenters. The van der Waals surface area contributed by atoms with Crippen LogP contribution in [0.2, 0.25) is 0 Å². The van der Waals surface area contributed by atoms with Gasteiger partial charge in [0.05, 0.1) is 10.7 Å². The Hall–Kier alpha value is -0.940. The van der Waals surface area contributed by atoms with Crippen molar-refractivity contribution >= 4 is 24.0 Å². The number of nitrogens with zero attached hydrogens (tertiary/aromatic N) is 1. The van der Waals surface area contributed by atoms with Crippen molar-refractivity contribution in [3.8, 4) is 11.3 Å². The fourth-order valence-electron chi connectivity index (χ4n) is 1.31. The molecule has 1 aromatic heterocycles. The van der Waals surface area contributed by atoms with Crippen LogP contribution in [0, 0.1) is 11.6 Å². The number of hydrogen-bond acceptors (Lipinski definition) is 3. The number of aromatic nitrogens is 1. The second-order valence-electron chi connectivity index (χ2n) is 3.23. The first-order valence-electron chi connectivity index (χ1n) is 4.71. The third-order valence-electron chi connectivity index (χ3n) is 2.09. The van der Waals surface area contributed by atoms with Gasteiger partial charge in [0, 0.05) is 17.4 Å². The van der Waals surface area contributed by atoms with Crippen LogP contribution in [0.15, 0.2) is 23.6 Å². The summed E-state index contributed by atoms with van der Waals surface area (Å²) in [5, 5.41) is 2.79. The summed E-state index contributed by atoms with van der Waals surface area (Å²) in [5.41, 5.74) is 1.28. The highest BCUT2D eigenvalue weighted by atomic mass is 32.1. The van der Waals surface area contributed by atoms with Gasteiger partial charge in [-0.15, -0.1) is 11.3 Å². The Morgan fingerprint density at radius 1 is 1.25 bits per heavy atom. The van der Waals surface area contributed by atoms with Gasteiger partial charge in [-0.2, -0.15) is 12.6 Å². The van der Waals surface area contributed by atoms with Crippen molar-refractivity contribution < 1.29 is 8.78 Å². The van der Waals surface area contributed by atoms with Crippen LogP contribution in [0.3, 0.4) is 0 Å². The second kappa shape index (κ2) is 4.93. The molecule has 0 aliphatic rings. The monoisotopic (exact) mass is 257 g/mol. The maximum absolute atomic E-state index is 13.0. The molecule has 0 N–H and O–H groups in total. The van der Waals surface area contributed by atoms with E-state index in [2.05, 4.69) is 17.6 Å². The molecule has 0 aliphatic heterocycles. The largest absolute Gasteiger partial charge is 0.241 e. The summed E-state index contributed by atoms with van der Waals surface area (Å²) in [6.07, 6.45) is 0.789. The predicted octanol–water partition coefficient (Wildman–Crippen LogP) is 3.56. The first-order valence-corrected chi connectivity index (χ1v) is 6.22. The van der Waals surface area contributed by atoms with Gasteiger partial charge in [-0.3, -0.25) is 0 Å². The maximum Gasteiger partial charge on any atom is 0.159 e. The van der Waals surface area contributed by atoms with Gasteiger partial charge in [-0.05, 0) is 24.0 Å². The maximum atomic E-state index is 13.0. The van der Waals surface area contributed by atoms with Crippen LogP contribution in [-0.2, 0) is 6.42 Å². The van der Waals surface area contributed by atoms with Crippen LogP contribution in [0.1, 0.15) is 5.01 Å². The highest BCUT2D eigenvalue weighted by Gasteiger charge is 2.07. The van der Waals surface area contributed by atoms with E-state index in [4.69, 9.17) is 0 Å². The molecule has 0 amide bonds. The lowest BCUT2D eigenvalue weighted by Gasteiger charge is -1.97. The molecular weight excluding hydrogens is 248 g/mol. The number of rotatable bonds is 3. The topological polar surface area (TPSA) is 12.9 Å². The zero-order valence-corrected chi connectivity index (χ0v) is 9.99. The molecule has 0 saturated carbocycles. The highest BCUT2D eigenvalue weighted by molar-refractivity contribution is 7.80. The number of aryl methyl sites for hydroxylation is 1. The number of benzene rings is 1. The van der Waals surface area contributed by atoms with Crippen LogP contribution in [0.5, 0.6) is 0 Å². The minimum Gasteiger partial charge on any atom is -0.241 e. The van der Waals surface area contributed by atoms with E-state index in [0.717, 1.165) is 29.3 Å². The van der Waals surface area contributed by atoms with Gasteiger partial charge < -0.3 is 0 Å². The van der Waals surface area contributed by atoms with Gasteiger partial charge in [0.2, 0.25) is 0 Å². The lowest BCUT2D eigenvalue weighted by Crippen LogP contribution is -1.87. The molecule has 84 valence electrons. The van der Waals surface area contributed by atoms with Crippen molar-refractivity contribution in [1.29, 1.82) is 0 Å². The minimum absolute atomic E-state index is 0.598. The Kier molecular flexibility index (Phi) is 3.56. The van der Waals surface area contributed by atoms with Crippen molar-refractivity contribution in [3.05, 3.63) is 40.2 Å². The molecule has 0 radical (unpaired) electrons. The third kappa shape index (κ3) is 2.41. The van der Waals surface area contributed by atoms with Gasteiger partial charge in [-0.25, -0.2) is 13.8 Å². The molecule has 0 fully saturated rings. The number of thiol groups is 1. The van der Waals surface area contributed by atoms with Gasteiger partial charge in [0.1, 0.15) is 0 Å². The van der Waals surface area contributed by atoms with Gasteiger partial charge in [-0.1, -0.05) is 0 Å². The Bertz CT molecular complexity index is 496. The van der Waals surface area contributed by atoms with Crippen molar-refractivity contribution in [2.45, 2.75) is 6.42 Å². The molecule has 1 aromatic carbocycles. The summed E-state index contributed by atoms with van der Waals surface area (Å²) in [6.45, 7) is 0. The fraction of sp³-hybridized carbons (Fsp3) is 0.182. The molecule has 16 heavy (non-hydrogen) atoms. The first-order chi connectivity index (χ1) is 7.70. The summed E-state index contributed by atoms with van der Waals surface area (Å²) in [5.74, 6) is -0.958. The normalized spacial score (nSPS) is 10.7. The quantitative estimate of drug-likeness (QED) is 0.830. The molecular formula is C11H9F2NS2. The van der Waals surface area contributed by atoms with Gasteiger partial charge >= 0.3 is 0 Å². The van der Waals surface area contributed by atoms with Crippen molar-refractivity contribution in [2.24, 2.45) is 0 Å². The molecule has 0 bridgehead atoms. The summed E-state index contributed by atoms with van der Waals surface area (Å²) in [6, 6.07) is 3.80. The van der Waals surface area contributed by atoms with E-state index in [1.54, 1.807) is 0 Å². The van der Waals surface area contributed by atoms with Crippen LogP contribution >= 0.6 is 24.0 Å². The van der Waals surface area contributed by atoms with E-state index in [-0.39, 0.29) is 0 Å². The van der Waals surface area contributed by atoms with Crippen LogP contribution < -0.4 is 0 Å². The average molecular weight is 257 g/mol. The van der Waals surface area contributed by atoms with Crippen LogP contribution in [0.4, 0.5) is 8.78 Å². The molecule has 0 aliphatic carbocycles. The molecule has 0 spiro atoms. The molecule has 0 atom stereocenters. The molecule has 2 rings (SSSR count). The molecule has 0 saturated heterocycles. The van der Waals surface area contributed by atoms with E-state index in [0.29, 0.717) is 11.3 Å². The summed E-state index contributed by atoms with van der Waals surface area (Å²) in [7, 11) is 0. The Morgan fingerprint density at radius 3 is 2.75 bits per heavy atom. The predicted molar refractivity (Wildman–Crippen MR) is 65.0 cm³/mol. The van der Waals surface area contributed by atoms with E-state index >= 15 is 0 Å². The lowest BCUT2D eigenvalue weighted by atomic mass is 10.2. The van der Waals surface area contributed by atoms with Crippen molar-refractivity contribution in [1.82, 2.24) is 4.98 Å². The van der Waals surface area contributed by atoms with Gasteiger partial charge in [0.25, 0.3) is 0 Å². The van der Waals surface area contributed by atoms with E-state index < -0.39 is 11.6 Å². The van der Waals surface area contributed by atoms with Crippen molar-refractivity contribution in [3.63, 3.8) is 0 Å². The van der Waals surface area contributed by atoms with E-state index in [1.807, 2.05) is 5.38 Å². The molecule has 5 heteroatoms. The number of halogens is 2. The van der Waals surface area contributed by atoms with Crippen LogP contribution in [-0.4, -0.2) is 10.7 Å². The standard InChI is InChI=1S/C11H9F2NS2/c12-8-2-1-7(5-9(8)13)10-6-16-11(14-10)3-4-15/h1-2,5-6,15H,3-4H2. The number of thiazole rings is 1. The summed E-state index contributed by atoms with van der Waals surface area (Å²) >= 11 is 5.62. The third-order valence-corrected chi connectivity index (χ3v) is 3.22. The second-order valence-corrected chi connectivity index (χ2v) is 4.62. The Morgan fingerprint density at radius 2 is 2.06 bits per heavy atom. The zero-order valence-electron chi connectivity index (χ0n) is 8.28. The first kappa shape index (κ1) is 11.5. The van der Waals surface area contributed by atoms with Crippen molar-refractivity contribution in [2.75, 3.05) is 5.75 Å². The van der Waals surface area contributed by atoms with E-state index in [9.17, 15) is 8.78 Å². The van der Waals surface area contributed by atoms with Gasteiger partial charge in [0.15, 0.2) is 11.6 Å². The average Bonchev–Trinajstić information content (AvgIpc) is 2.71. The fourth-order valence-corrected chi connectivity index (χ4v) is 2.48. The number of hydrogen-bond donors (Lipinski definition) is 1. The Balaban J connectivity index is 2.31. The minimum atomic E-state index is -0.846. The SMILES string of the molecule is Fc1ccc(-c2csc(CCS)n2)cc1F. The molecule has 1 nitrogen and oxygen atoms in total. The Labute approximate surface area is 102 Å². The summed E-state index contributed by atoms with van der Waals surface area (Å²) < 4.78 is 25.7. The smallest absolute Gasteiger partial charge is 0.159 e. The molecule has 2 aromatic rings. The lowest BCUT2D eigenvalue weighted by molar-refractivity contribution is 0.509. The highest BCUT2D eigenvalue weighted by Crippen LogP contribution is 2.23.